The Kier molecular flexibility index (Phi) is 5.55. The lowest BCUT2D eigenvalue weighted by Gasteiger charge is -2.32. The molecule has 0 bridgehead atoms. The van der Waals surface area contributed by atoms with Crippen molar-refractivity contribution in [2.24, 2.45) is 4.99 Å². The number of allylic oxidation sites excluding steroid dienone is 5. The van der Waals surface area contributed by atoms with E-state index in [4.69, 9.17) is 4.74 Å². The molecule has 20 heavy (non-hydrogen) atoms. The maximum atomic E-state index is 6.01. The monoisotopic (exact) mass is 273 g/mol. The molecule has 0 saturated heterocycles. The van der Waals surface area contributed by atoms with Gasteiger partial charge in [-0.25, -0.2) is 0 Å². The lowest BCUT2D eigenvalue weighted by Crippen LogP contribution is -2.30. The summed E-state index contributed by atoms with van der Waals surface area (Å²) in [5.41, 5.74) is 4.38. The molecule has 2 aliphatic rings. The summed E-state index contributed by atoms with van der Waals surface area (Å²) in [6.07, 6.45) is 7.89. The Balaban J connectivity index is 0.000000956. The van der Waals surface area contributed by atoms with Gasteiger partial charge in [-0.05, 0) is 39.7 Å². The summed E-state index contributed by atoms with van der Waals surface area (Å²) in [5.74, 6) is 1.01. The molecule has 110 valence electrons. The largest absolute Gasteiger partial charge is 0.484 e. The molecule has 2 nitrogen and oxygen atoms in total. The Hall–Kier alpha value is -1.57. The first-order valence-corrected chi connectivity index (χ1v) is 7.41. The van der Waals surface area contributed by atoms with E-state index in [-0.39, 0.29) is 5.60 Å². The minimum Gasteiger partial charge on any atom is -0.484 e. The normalized spacial score (nSPS) is 19.5. The zero-order chi connectivity index (χ0) is 15.3. The van der Waals surface area contributed by atoms with Crippen molar-refractivity contribution >= 4 is 6.21 Å². The fourth-order valence-electron chi connectivity index (χ4n) is 2.27. The zero-order valence-corrected chi connectivity index (χ0v) is 13.7. The molecule has 0 aromatic rings. The van der Waals surface area contributed by atoms with E-state index < -0.39 is 0 Å². The third kappa shape index (κ3) is 3.72. The molecular weight excluding hydrogens is 246 g/mol. The molecule has 0 spiro atoms. The second kappa shape index (κ2) is 6.74. The highest BCUT2D eigenvalue weighted by atomic mass is 16.5. The van der Waals surface area contributed by atoms with Gasteiger partial charge in [0.15, 0.2) is 0 Å². The van der Waals surface area contributed by atoms with E-state index in [9.17, 15) is 0 Å². The molecule has 0 unspecified atom stereocenters. The average molecular weight is 273 g/mol. The maximum Gasteiger partial charge on any atom is 0.138 e. The van der Waals surface area contributed by atoms with E-state index in [0.29, 0.717) is 0 Å². The van der Waals surface area contributed by atoms with Crippen molar-refractivity contribution < 1.29 is 4.74 Å². The summed E-state index contributed by atoms with van der Waals surface area (Å²) in [7, 11) is 0. The fraction of sp³-hybridized carbons (Fsp3) is 0.500. The van der Waals surface area contributed by atoms with E-state index in [1.54, 1.807) is 0 Å². The summed E-state index contributed by atoms with van der Waals surface area (Å²) in [5, 5.41) is 0. The number of aliphatic imine (C=N–C) groups is 1. The number of hydrogen-bond acceptors (Lipinski definition) is 2. The highest BCUT2D eigenvalue weighted by Crippen LogP contribution is 2.37. The number of nitrogens with zero attached hydrogens (tertiary/aromatic N) is 1. The van der Waals surface area contributed by atoms with Crippen LogP contribution in [0, 0.1) is 0 Å². The highest BCUT2D eigenvalue weighted by Gasteiger charge is 2.29. The second-order valence-corrected chi connectivity index (χ2v) is 5.60. The number of rotatable bonds is 2. The van der Waals surface area contributed by atoms with Gasteiger partial charge in [0, 0.05) is 18.2 Å². The van der Waals surface area contributed by atoms with Crippen LogP contribution in [-0.4, -0.2) is 11.8 Å². The molecule has 0 saturated carbocycles. The molecular formula is C18H27NO. The third-order valence-corrected chi connectivity index (χ3v) is 3.06. The van der Waals surface area contributed by atoms with Crippen LogP contribution in [0.5, 0.6) is 0 Å². The minimum atomic E-state index is -0.291. The Bertz CT molecular complexity index is 498. The fourth-order valence-corrected chi connectivity index (χ4v) is 2.27. The Labute approximate surface area is 123 Å². The van der Waals surface area contributed by atoms with Gasteiger partial charge in [-0.3, -0.25) is 4.99 Å². The Morgan fingerprint density at radius 2 is 1.95 bits per heavy atom. The van der Waals surface area contributed by atoms with Crippen molar-refractivity contribution in [3.8, 4) is 0 Å². The molecule has 2 heteroatoms. The van der Waals surface area contributed by atoms with E-state index in [1.165, 1.54) is 11.1 Å². The predicted molar refractivity (Wildman–Crippen MR) is 87.9 cm³/mol. The van der Waals surface area contributed by atoms with E-state index in [2.05, 4.69) is 31.5 Å². The summed E-state index contributed by atoms with van der Waals surface area (Å²) in [6, 6.07) is 0. The summed E-state index contributed by atoms with van der Waals surface area (Å²) < 4.78 is 6.01. The highest BCUT2D eigenvalue weighted by molar-refractivity contribution is 5.72. The first kappa shape index (κ1) is 16.5. The molecule has 1 heterocycles. The van der Waals surface area contributed by atoms with Crippen molar-refractivity contribution in [3.05, 3.63) is 46.9 Å². The van der Waals surface area contributed by atoms with E-state index in [0.717, 1.165) is 29.9 Å². The average Bonchev–Trinajstić information content (AvgIpc) is 2.39. The molecule has 0 fully saturated rings. The summed E-state index contributed by atoms with van der Waals surface area (Å²) in [4.78, 5) is 4.62. The van der Waals surface area contributed by atoms with E-state index >= 15 is 0 Å². The standard InChI is InChI=1S/C16H21NO.C2H6/c1-6-12-7-8-14-15(13(12)9-11(2)3)17-10-16(4,5)18-14;1-2/h6,9-10H,1,7-8H2,2-5H3;1-2H3. The molecule has 0 radical (unpaired) electrons. The Morgan fingerprint density at radius 1 is 1.30 bits per heavy atom. The van der Waals surface area contributed by atoms with Crippen LogP contribution in [0.15, 0.2) is 51.9 Å². The number of hydrogen-bond donors (Lipinski definition) is 0. The minimum absolute atomic E-state index is 0.291. The van der Waals surface area contributed by atoms with Crippen molar-refractivity contribution in [3.63, 3.8) is 0 Å². The van der Waals surface area contributed by atoms with Crippen LogP contribution in [0.4, 0.5) is 0 Å². The third-order valence-electron chi connectivity index (χ3n) is 3.06. The van der Waals surface area contributed by atoms with Gasteiger partial charge in [0.05, 0.1) is 0 Å². The molecule has 0 aromatic carbocycles. The van der Waals surface area contributed by atoms with Crippen LogP contribution in [-0.2, 0) is 4.74 Å². The second-order valence-electron chi connectivity index (χ2n) is 5.60. The topological polar surface area (TPSA) is 21.6 Å². The van der Waals surface area contributed by atoms with Gasteiger partial charge in [0.2, 0.25) is 0 Å². The summed E-state index contributed by atoms with van der Waals surface area (Å²) >= 11 is 0. The van der Waals surface area contributed by atoms with Crippen LogP contribution in [0.25, 0.3) is 0 Å². The van der Waals surface area contributed by atoms with Gasteiger partial charge in [0.25, 0.3) is 0 Å². The van der Waals surface area contributed by atoms with Crippen molar-refractivity contribution in [1.82, 2.24) is 0 Å². The maximum absolute atomic E-state index is 6.01. The van der Waals surface area contributed by atoms with Crippen LogP contribution in [0.3, 0.4) is 0 Å². The van der Waals surface area contributed by atoms with Gasteiger partial charge in [0.1, 0.15) is 17.1 Å². The van der Waals surface area contributed by atoms with Gasteiger partial charge in [-0.2, -0.15) is 0 Å². The summed E-state index contributed by atoms with van der Waals surface area (Å²) in [6.45, 7) is 16.2. The smallest absolute Gasteiger partial charge is 0.138 e. The molecule has 2 rings (SSSR count). The first-order valence-electron chi connectivity index (χ1n) is 7.41. The predicted octanol–water partition coefficient (Wildman–Crippen LogP) is 5.35. The molecule has 0 atom stereocenters. The van der Waals surface area contributed by atoms with Crippen molar-refractivity contribution in [2.75, 3.05) is 0 Å². The van der Waals surface area contributed by atoms with Gasteiger partial charge in [-0.1, -0.05) is 38.2 Å². The number of ether oxygens (including phenoxy) is 1. The SMILES string of the molecule is C=CC1=C(C=C(C)C)C2=C(CC1)OC(C)(C)C=N2.CC. The quantitative estimate of drug-likeness (QED) is 0.665. The van der Waals surface area contributed by atoms with Crippen LogP contribution in [0.1, 0.15) is 54.4 Å². The first-order chi connectivity index (χ1) is 9.43. The van der Waals surface area contributed by atoms with Gasteiger partial charge < -0.3 is 4.74 Å². The molecule has 0 N–H and O–H groups in total. The van der Waals surface area contributed by atoms with Crippen LogP contribution >= 0.6 is 0 Å². The van der Waals surface area contributed by atoms with Crippen molar-refractivity contribution in [2.45, 2.75) is 60.0 Å². The zero-order valence-electron chi connectivity index (χ0n) is 13.7. The van der Waals surface area contributed by atoms with Crippen LogP contribution in [0.2, 0.25) is 0 Å². The van der Waals surface area contributed by atoms with Crippen LogP contribution < -0.4 is 0 Å². The Morgan fingerprint density at radius 3 is 2.50 bits per heavy atom. The molecule has 1 aliphatic heterocycles. The van der Waals surface area contributed by atoms with E-state index in [1.807, 2.05) is 40.0 Å². The lowest BCUT2D eigenvalue weighted by molar-refractivity contribution is 0.0862. The van der Waals surface area contributed by atoms with Crippen molar-refractivity contribution in [1.29, 1.82) is 0 Å². The molecule has 0 amide bonds. The molecule has 1 aliphatic carbocycles. The van der Waals surface area contributed by atoms with Gasteiger partial charge in [-0.15, -0.1) is 0 Å². The molecule has 0 aromatic heterocycles. The lowest BCUT2D eigenvalue weighted by atomic mass is 9.91. The van der Waals surface area contributed by atoms with Gasteiger partial charge >= 0.3 is 0 Å².